The van der Waals surface area contributed by atoms with Gasteiger partial charge in [0.15, 0.2) is 5.82 Å². The van der Waals surface area contributed by atoms with Crippen molar-refractivity contribution >= 4 is 51.6 Å². The van der Waals surface area contributed by atoms with Gasteiger partial charge in [-0.25, -0.2) is 9.97 Å². The highest BCUT2D eigenvalue weighted by Gasteiger charge is 2.06. The second-order valence-electron chi connectivity index (χ2n) is 3.08. The third kappa shape index (κ3) is 2.56. The van der Waals surface area contributed by atoms with Crippen molar-refractivity contribution < 1.29 is 0 Å². The predicted octanol–water partition coefficient (Wildman–Crippen LogP) is 3.64. The number of nitrogen functional groups attached to an aromatic ring is 1. The Morgan fingerprint density at radius 2 is 1.75 bits per heavy atom. The minimum absolute atomic E-state index is 0.446. The SMILES string of the molecule is Nc1nc(-c2cc(Cl)cc(Cl)c2)ncc1I. The van der Waals surface area contributed by atoms with E-state index in [1.807, 2.05) is 0 Å². The van der Waals surface area contributed by atoms with Gasteiger partial charge in [0.2, 0.25) is 0 Å². The average molecular weight is 366 g/mol. The van der Waals surface area contributed by atoms with Gasteiger partial charge in [-0.1, -0.05) is 23.2 Å². The molecule has 0 unspecified atom stereocenters. The molecule has 1 heterocycles. The molecular formula is C10H6Cl2IN3. The van der Waals surface area contributed by atoms with Crippen LogP contribution in [-0.4, -0.2) is 9.97 Å². The van der Waals surface area contributed by atoms with Crippen molar-refractivity contribution in [2.24, 2.45) is 0 Å². The lowest BCUT2D eigenvalue weighted by Crippen LogP contribution is -1.98. The molecule has 0 aliphatic carbocycles. The Morgan fingerprint density at radius 1 is 1.12 bits per heavy atom. The van der Waals surface area contributed by atoms with Crippen LogP contribution in [0.4, 0.5) is 5.82 Å². The maximum absolute atomic E-state index is 5.90. The van der Waals surface area contributed by atoms with Gasteiger partial charge in [0.25, 0.3) is 0 Å². The van der Waals surface area contributed by atoms with Crippen LogP contribution >= 0.6 is 45.8 Å². The first kappa shape index (κ1) is 11.9. The van der Waals surface area contributed by atoms with Crippen molar-refractivity contribution in [3.05, 3.63) is 38.0 Å². The molecule has 0 radical (unpaired) electrons. The largest absolute Gasteiger partial charge is 0.383 e. The molecule has 2 N–H and O–H groups in total. The summed E-state index contributed by atoms with van der Waals surface area (Å²) in [5, 5.41) is 1.09. The molecule has 6 heteroatoms. The molecule has 0 atom stereocenters. The van der Waals surface area contributed by atoms with Gasteiger partial charge in [-0.2, -0.15) is 0 Å². The first-order chi connectivity index (χ1) is 7.56. The summed E-state index contributed by atoms with van der Waals surface area (Å²) in [6, 6.07) is 5.15. The van der Waals surface area contributed by atoms with Crippen LogP contribution in [-0.2, 0) is 0 Å². The van der Waals surface area contributed by atoms with E-state index in [-0.39, 0.29) is 0 Å². The van der Waals surface area contributed by atoms with E-state index >= 15 is 0 Å². The summed E-state index contributed by atoms with van der Waals surface area (Å²) in [6.07, 6.45) is 1.66. The highest BCUT2D eigenvalue weighted by Crippen LogP contribution is 2.25. The van der Waals surface area contributed by atoms with Crippen LogP contribution in [0, 0.1) is 3.57 Å². The van der Waals surface area contributed by atoms with Crippen molar-refractivity contribution in [3.63, 3.8) is 0 Å². The molecule has 1 aromatic carbocycles. The number of aromatic nitrogens is 2. The normalized spacial score (nSPS) is 10.4. The number of nitrogens with two attached hydrogens (primary N) is 1. The van der Waals surface area contributed by atoms with Crippen molar-refractivity contribution in [3.8, 4) is 11.4 Å². The molecule has 0 bridgehead atoms. The average Bonchev–Trinajstić information content (AvgIpc) is 2.20. The minimum atomic E-state index is 0.446. The zero-order valence-electron chi connectivity index (χ0n) is 7.92. The summed E-state index contributed by atoms with van der Waals surface area (Å²) >= 11 is 13.9. The van der Waals surface area contributed by atoms with Crippen LogP contribution in [0.2, 0.25) is 10.0 Å². The van der Waals surface area contributed by atoms with Gasteiger partial charge < -0.3 is 5.73 Å². The van der Waals surface area contributed by atoms with Gasteiger partial charge in [-0.05, 0) is 40.8 Å². The monoisotopic (exact) mass is 365 g/mol. The fraction of sp³-hybridized carbons (Fsp3) is 0. The molecule has 0 saturated carbocycles. The van der Waals surface area contributed by atoms with E-state index in [0.29, 0.717) is 21.7 Å². The fourth-order valence-electron chi connectivity index (χ4n) is 1.20. The van der Waals surface area contributed by atoms with Crippen LogP contribution in [0.25, 0.3) is 11.4 Å². The molecule has 0 saturated heterocycles. The zero-order valence-corrected chi connectivity index (χ0v) is 11.6. The molecule has 3 nitrogen and oxygen atoms in total. The predicted molar refractivity (Wildman–Crippen MR) is 74.6 cm³/mol. The number of hydrogen-bond acceptors (Lipinski definition) is 3. The van der Waals surface area contributed by atoms with Crippen LogP contribution in [0.3, 0.4) is 0 Å². The van der Waals surface area contributed by atoms with E-state index < -0.39 is 0 Å². The van der Waals surface area contributed by atoms with E-state index in [9.17, 15) is 0 Å². The highest BCUT2D eigenvalue weighted by atomic mass is 127. The summed E-state index contributed by atoms with van der Waals surface area (Å²) in [6.45, 7) is 0. The van der Waals surface area contributed by atoms with Gasteiger partial charge >= 0.3 is 0 Å². The molecule has 0 aliphatic rings. The van der Waals surface area contributed by atoms with Crippen molar-refractivity contribution in [2.45, 2.75) is 0 Å². The molecule has 2 aromatic rings. The molecular weight excluding hydrogens is 360 g/mol. The minimum Gasteiger partial charge on any atom is -0.383 e. The van der Waals surface area contributed by atoms with Crippen molar-refractivity contribution in [1.82, 2.24) is 9.97 Å². The number of benzene rings is 1. The van der Waals surface area contributed by atoms with Crippen LogP contribution in [0.5, 0.6) is 0 Å². The lowest BCUT2D eigenvalue weighted by molar-refractivity contribution is 1.17. The fourth-order valence-corrected chi connectivity index (χ4v) is 1.99. The van der Waals surface area contributed by atoms with E-state index in [1.54, 1.807) is 24.4 Å². The lowest BCUT2D eigenvalue weighted by Gasteiger charge is -2.03. The third-order valence-electron chi connectivity index (χ3n) is 1.89. The number of nitrogens with zero attached hydrogens (tertiary/aromatic N) is 2. The highest BCUT2D eigenvalue weighted by molar-refractivity contribution is 14.1. The maximum Gasteiger partial charge on any atom is 0.161 e. The van der Waals surface area contributed by atoms with Gasteiger partial charge in [0, 0.05) is 21.8 Å². The molecule has 0 aliphatic heterocycles. The molecule has 2 rings (SSSR count). The van der Waals surface area contributed by atoms with Crippen molar-refractivity contribution in [2.75, 3.05) is 5.73 Å². The Kier molecular flexibility index (Phi) is 3.51. The second-order valence-corrected chi connectivity index (χ2v) is 5.12. The number of rotatable bonds is 1. The number of halogens is 3. The number of hydrogen-bond donors (Lipinski definition) is 1. The summed E-state index contributed by atoms with van der Waals surface area (Å²) in [5.41, 5.74) is 6.46. The first-order valence-electron chi connectivity index (χ1n) is 4.31. The van der Waals surface area contributed by atoms with Crippen LogP contribution in [0.15, 0.2) is 24.4 Å². The first-order valence-corrected chi connectivity index (χ1v) is 6.14. The van der Waals surface area contributed by atoms with Crippen molar-refractivity contribution in [1.29, 1.82) is 0 Å². The third-order valence-corrected chi connectivity index (χ3v) is 3.16. The maximum atomic E-state index is 5.90. The molecule has 16 heavy (non-hydrogen) atoms. The molecule has 0 amide bonds. The quantitative estimate of drug-likeness (QED) is 0.785. The Balaban J connectivity index is 2.54. The Bertz CT molecular complexity index is 525. The molecule has 0 fully saturated rings. The van der Waals surface area contributed by atoms with E-state index in [0.717, 1.165) is 9.13 Å². The van der Waals surface area contributed by atoms with E-state index in [1.165, 1.54) is 0 Å². The molecule has 0 spiro atoms. The summed E-state index contributed by atoms with van der Waals surface area (Å²) < 4.78 is 0.814. The standard InChI is InChI=1S/C10H6Cl2IN3/c11-6-1-5(2-7(12)3-6)10-15-4-8(13)9(14)16-10/h1-4H,(H2,14,15,16). The summed E-state index contributed by atoms with van der Waals surface area (Å²) in [4.78, 5) is 8.34. The lowest BCUT2D eigenvalue weighted by atomic mass is 10.2. The smallest absolute Gasteiger partial charge is 0.161 e. The number of anilines is 1. The van der Waals surface area contributed by atoms with Gasteiger partial charge in [-0.15, -0.1) is 0 Å². The summed E-state index contributed by atoms with van der Waals surface area (Å²) in [5.74, 6) is 0.962. The Hall–Kier alpha value is -0.590. The molecule has 82 valence electrons. The second kappa shape index (κ2) is 4.73. The van der Waals surface area contributed by atoms with Gasteiger partial charge in [0.1, 0.15) is 5.82 Å². The summed E-state index contributed by atoms with van der Waals surface area (Å²) in [7, 11) is 0. The van der Waals surface area contributed by atoms with Crippen LogP contribution in [0.1, 0.15) is 0 Å². The molecule has 1 aromatic heterocycles. The van der Waals surface area contributed by atoms with Gasteiger partial charge in [0.05, 0.1) is 3.57 Å². The van der Waals surface area contributed by atoms with E-state index in [2.05, 4.69) is 32.6 Å². The van der Waals surface area contributed by atoms with Crippen LogP contribution < -0.4 is 5.73 Å². The Morgan fingerprint density at radius 3 is 2.31 bits per heavy atom. The zero-order chi connectivity index (χ0) is 11.7. The van der Waals surface area contributed by atoms with Gasteiger partial charge in [-0.3, -0.25) is 0 Å². The Labute approximate surface area is 116 Å². The van der Waals surface area contributed by atoms with E-state index in [4.69, 9.17) is 28.9 Å². The topological polar surface area (TPSA) is 51.8 Å².